The van der Waals surface area contributed by atoms with Crippen LogP contribution in [0.25, 0.3) is 10.9 Å². The highest BCUT2D eigenvalue weighted by Gasteiger charge is 2.43. The number of ether oxygens (including phenoxy) is 2. The van der Waals surface area contributed by atoms with Gasteiger partial charge in [-0.05, 0) is 43.1 Å². The molecule has 1 aliphatic heterocycles. The molecule has 2 aromatic carbocycles. The summed E-state index contributed by atoms with van der Waals surface area (Å²) in [5.74, 6) is -4.56. The van der Waals surface area contributed by atoms with Gasteiger partial charge in [-0.1, -0.05) is 36.4 Å². The molecule has 3 aromatic rings. The maximum absolute atomic E-state index is 12.9. The lowest BCUT2D eigenvalue weighted by Crippen LogP contribution is -2.42. The minimum absolute atomic E-state index is 0.0296. The number of aromatic amines is 1. The van der Waals surface area contributed by atoms with Gasteiger partial charge in [0, 0.05) is 23.4 Å². The fourth-order valence-corrected chi connectivity index (χ4v) is 4.61. The highest BCUT2D eigenvalue weighted by Crippen LogP contribution is 2.36. The van der Waals surface area contributed by atoms with Crippen molar-refractivity contribution in [3.05, 3.63) is 65.4 Å². The molecule has 1 amide bonds. The quantitative estimate of drug-likeness (QED) is 0.476. The van der Waals surface area contributed by atoms with Crippen molar-refractivity contribution < 1.29 is 37.0 Å². The second-order valence-corrected chi connectivity index (χ2v) is 8.44. The van der Waals surface area contributed by atoms with Crippen LogP contribution in [0.4, 0.5) is 13.2 Å². The monoisotopic (exact) mass is 503 g/mol. The second kappa shape index (κ2) is 10.0. The smallest absolute Gasteiger partial charge is 0.461 e. The Morgan fingerprint density at radius 1 is 1.14 bits per heavy atom. The Hall–Kier alpha value is -3.86. The number of esters is 2. The Morgan fingerprint density at radius 2 is 1.86 bits per heavy atom. The van der Waals surface area contributed by atoms with Crippen LogP contribution >= 0.6 is 0 Å². The van der Waals surface area contributed by atoms with E-state index in [2.05, 4.69) is 9.72 Å². The van der Waals surface area contributed by atoms with E-state index in [1.807, 2.05) is 35.2 Å². The highest BCUT2D eigenvalue weighted by atomic mass is 19.4. The first-order valence-electron chi connectivity index (χ1n) is 11.3. The van der Waals surface area contributed by atoms with Crippen LogP contribution in [0.3, 0.4) is 0 Å². The van der Waals surface area contributed by atoms with Gasteiger partial charge in [0.2, 0.25) is 5.91 Å². The molecule has 2 atom stereocenters. The number of H-pyrrole nitrogens is 1. The topological polar surface area (TPSA) is 115 Å². The molecule has 36 heavy (non-hydrogen) atoms. The van der Waals surface area contributed by atoms with E-state index in [1.165, 1.54) is 13.0 Å². The molecule has 1 saturated heterocycles. The van der Waals surface area contributed by atoms with Crippen molar-refractivity contribution in [2.75, 3.05) is 13.2 Å². The molecule has 190 valence electrons. The molecule has 4 rings (SSSR count). The SMILES string of the molecule is CCOC(=O)c1[nH]c2ccc(CN3CC[C@@H](c4ccccc4)[C@H]3C(N)=O)cc2c1OC(=O)C(F)(F)F. The normalized spacial score (nSPS) is 18.3. The Balaban J connectivity index is 1.67. The third-order valence-electron chi connectivity index (χ3n) is 6.13. The van der Waals surface area contributed by atoms with E-state index < -0.39 is 41.5 Å². The van der Waals surface area contributed by atoms with Crippen molar-refractivity contribution in [2.45, 2.75) is 38.0 Å². The lowest BCUT2D eigenvalue weighted by Gasteiger charge is -2.26. The summed E-state index contributed by atoms with van der Waals surface area (Å²) < 4.78 is 48.2. The van der Waals surface area contributed by atoms with Gasteiger partial charge in [-0.15, -0.1) is 0 Å². The van der Waals surface area contributed by atoms with Crippen molar-refractivity contribution in [3.63, 3.8) is 0 Å². The zero-order valence-corrected chi connectivity index (χ0v) is 19.3. The number of benzene rings is 2. The molecule has 3 N–H and O–H groups in total. The van der Waals surface area contributed by atoms with E-state index in [9.17, 15) is 27.6 Å². The molecule has 0 bridgehead atoms. The van der Waals surface area contributed by atoms with Crippen LogP contribution in [0.5, 0.6) is 5.75 Å². The molecular formula is C25H24F3N3O5. The molecule has 1 fully saturated rings. The summed E-state index contributed by atoms with van der Waals surface area (Å²) in [4.78, 5) is 40.9. The van der Waals surface area contributed by atoms with Gasteiger partial charge >= 0.3 is 18.1 Å². The maximum Gasteiger partial charge on any atom is 0.491 e. The van der Waals surface area contributed by atoms with E-state index in [0.29, 0.717) is 18.5 Å². The first-order valence-corrected chi connectivity index (χ1v) is 11.3. The Labute approximate surface area is 204 Å². The molecule has 8 nitrogen and oxygen atoms in total. The van der Waals surface area contributed by atoms with Crippen molar-refractivity contribution in [2.24, 2.45) is 5.73 Å². The van der Waals surface area contributed by atoms with Crippen LogP contribution < -0.4 is 10.5 Å². The lowest BCUT2D eigenvalue weighted by atomic mass is 9.91. The maximum atomic E-state index is 12.9. The summed E-state index contributed by atoms with van der Waals surface area (Å²) in [6.45, 7) is 2.34. The molecule has 0 spiro atoms. The number of likely N-dealkylation sites (tertiary alicyclic amines) is 1. The summed E-state index contributed by atoms with van der Waals surface area (Å²) in [5, 5.41) is 0.0996. The van der Waals surface area contributed by atoms with Gasteiger partial charge in [0.1, 0.15) is 0 Å². The number of nitrogens with zero attached hydrogens (tertiary/aromatic N) is 1. The van der Waals surface area contributed by atoms with Crippen LogP contribution in [0, 0.1) is 0 Å². The number of amides is 1. The molecule has 0 radical (unpaired) electrons. The minimum atomic E-state index is -5.26. The minimum Gasteiger partial charge on any atom is -0.461 e. The number of rotatable bonds is 7. The average Bonchev–Trinajstić information content (AvgIpc) is 3.41. The van der Waals surface area contributed by atoms with Crippen molar-refractivity contribution >= 4 is 28.7 Å². The molecule has 11 heteroatoms. The van der Waals surface area contributed by atoms with E-state index >= 15 is 0 Å². The number of nitrogens with two attached hydrogens (primary N) is 1. The second-order valence-electron chi connectivity index (χ2n) is 8.44. The fraction of sp³-hybridized carbons (Fsp3) is 0.320. The van der Waals surface area contributed by atoms with Crippen LogP contribution in [0.15, 0.2) is 48.5 Å². The molecule has 1 aromatic heterocycles. The zero-order chi connectivity index (χ0) is 26.0. The number of hydrogen-bond acceptors (Lipinski definition) is 6. The fourth-order valence-electron chi connectivity index (χ4n) is 4.61. The van der Waals surface area contributed by atoms with E-state index in [1.54, 1.807) is 12.1 Å². The lowest BCUT2D eigenvalue weighted by molar-refractivity contribution is -0.189. The molecule has 2 heterocycles. The summed E-state index contributed by atoms with van der Waals surface area (Å²) >= 11 is 0. The van der Waals surface area contributed by atoms with Crippen molar-refractivity contribution in [1.29, 1.82) is 0 Å². The van der Waals surface area contributed by atoms with Gasteiger partial charge in [0.25, 0.3) is 0 Å². The van der Waals surface area contributed by atoms with Gasteiger partial charge in [0.15, 0.2) is 11.4 Å². The number of primary amides is 1. The van der Waals surface area contributed by atoms with E-state index in [0.717, 1.165) is 5.56 Å². The van der Waals surface area contributed by atoms with Gasteiger partial charge < -0.3 is 20.2 Å². The average molecular weight is 503 g/mol. The summed E-state index contributed by atoms with van der Waals surface area (Å²) in [7, 11) is 0. The van der Waals surface area contributed by atoms with Crippen LogP contribution in [0.1, 0.15) is 40.9 Å². The number of carbonyl (C=O) groups is 3. The number of carbonyl (C=O) groups excluding carboxylic acids is 3. The van der Waals surface area contributed by atoms with E-state index in [-0.39, 0.29) is 30.0 Å². The van der Waals surface area contributed by atoms with Crippen LogP contribution in [0.2, 0.25) is 0 Å². The molecule has 0 unspecified atom stereocenters. The number of halogens is 3. The number of hydrogen-bond donors (Lipinski definition) is 2. The third kappa shape index (κ3) is 5.06. The summed E-state index contributed by atoms with van der Waals surface area (Å²) in [5.41, 5.74) is 7.24. The number of aromatic nitrogens is 1. The molecule has 1 aliphatic rings. The van der Waals surface area contributed by atoms with Gasteiger partial charge in [-0.25, -0.2) is 9.59 Å². The highest BCUT2D eigenvalue weighted by molar-refractivity contribution is 6.02. The number of nitrogens with one attached hydrogen (secondary N) is 1. The van der Waals surface area contributed by atoms with Gasteiger partial charge in [-0.2, -0.15) is 13.2 Å². The summed E-state index contributed by atoms with van der Waals surface area (Å²) in [6.07, 6.45) is -4.56. The largest absolute Gasteiger partial charge is 0.491 e. The first kappa shape index (κ1) is 25.2. The van der Waals surface area contributed by atoms with Crippen LogP contribution in [-0.2, 0) is 20.9 Å². The summed E-state index contributed by atoms with van der Waals surface area (Å²) in [6, 6.07) is 13.7. The van der Waals surface area contributed by atoms with Crippen molar-refractivity contribution in [3.8, 4) is 5.75 Å². The van der Waals surface area contributed by atoms with Gasteiger partial charge in [-0.3, -0.25) is 9.69 Å². The zero-order valence-electron chi connectivity index (χ0n) is 19.3. The van der Waals surface area contributed by atoms with Crippen LogP contribution in [-0.4, -0.2) is 53.1 Å². The standard InChI is InChI=1S/C25H24F3N3O5/c1-2-35-23(33)19-21(36-24(34)25(26,27)28)17-12-14(8-9-18(17)30-19)13-31-11-10-16(20(31)22(29)32)15-6-4-3-5-7-15/h3-9,12,16,20,30H,2,10-11,13H2,1H3,(H2,29,32)/t16-,20-/m0/s1. The molecule has 0 aliphatic carbocycles. The van der Waals surface area contributed by atoms with Gasteiger partial charge in [0.05, 0.1) is 12.6 Å². The molecular weight excluding hydrogens is 479 g/mol. The first-order chi connectivity index (χ1) is 17.1. The Bertz CT molecular complexity index is 1290. The number of alkyl halides is 3. The number of fused-ring (bicyclic) bond motifs is 1. The van der Waals surface area contributed by atoms with Crippen molar-refractivity contribution in [1.82, 2.24) is 9.88 Å². The molecule has 0 saturated carbocycles. The predicted molar refractivity (Wildman–Crippen MR) is 123 cm³/mol. The Kier molecular flexibility index (Phi) is 7.02. The predicted octanol–water partition coefficient (Wildman–Crippen LogP) is 3.66. The third-order valence-corrected chi connectivity index (χ3v) is 6.13. The van der Waals surface area contributed by atoms with E-state index in [4.69, 9.17) is 10.5 Å². The Morgan fingerprint density at radius 3 is 2.50 bits per heavy atom.